The third-order valence-corrected chi connectivity index (χ3v) is 3.56. The highest BCUT2D eigenvalue weighted by molar-refractivity contribution is 6.46. The van der Waals surface area contributed by atoms with Crippen molar-refractivity contribution in [1.29, 1.82) is 0 Å². The molecule has 0 aliphatic carbocycles. The van der Waals surface area contributed by atoms with Crippen molar-refractivity contribution >= 4 is 46.5 Å². The molecule has 0 saturated carbocycles. The van der Waals surface area contributed by atoms with Crippen molar-refractivity contribution in [1.82, 2.24) is 4.98 Å². The Morgan fingerprint density at radius 1 is 1.21 bits per heavy atom. The molecule has 1 heterocycles. The fraction of sp³-hybridized carbons (Fsp3) is 0. The predicted octanol–water partition coefficient (Wildman–Crippen LogP) is 3.99. The van der Waals surface area contributed by atoms with Gasteiger partial charge in [-0.15, -0.1) is 0 Å². The van der Waals surface area contributed by atoms with E-state index in [9.17, 15) is 4.79 Å². The summed E-state index contributed by atoms with van der Waals surface area (Å²) in [5.41, 5.74) is 6.61. The monoisotopic (exact) mass is 316 g/mol. The van der Waals surface area contributed by atoms with Gasteiger partial charge in [0, 0.05) is 11.8 Å². The number of pyridine rings is 1. The van der Waals surface area contributed by atoms with Crippen LogP contribution in [0, 0.1) is 0 Å². The van der Waals surface area contributed by atoms with E-state index in [1.54, 1.807) is 12.1 Å². The second-order valence-corrected chi connectivity index (χ2v) is 4.88. The second kappa shape index (κ2) is 5.25. The lowest BCUT2D eigenvalue weighted by atomic mass is 10.1. The molecule has 19 heavy (non-hydrogen) atoms. The van der Waals surface area contributed by atoms with Crippen LogP contribution in [0.3, 0.4) is 0 Å². The van der Waals surface area contributed by atoms with Crippen LogP contribution in [-0.2, 0) is 0 Å². The van der Waals surface area contributed by atoms with Gasteiger partial charge in [0.15, 0.2) is 0 Å². The number of benzene rings is 1. The van der Waals surface area contributed by atoms with Crippen LogP contribution in [-0.4, -0.2) is 16.1 Å². The van der Waals surface area contributed by atoms with Crippen molar-refractivity contribution in [2.24, 2.45) is 0 Å². The summed E-state index contributed by atoms with van der Waals surface area (Å²) in [4.78, 5) is 14.8. The maximum Gasteiger partial charge on any atom is 0.337 e. The zero-order valence-corrected chi connectivity index (χ0v) is 11.6. The highest BCUT2D eigenvalue weighted by atomic mass is 35.5. The zero-order chi connectivity index (χ0) is 14.2. The molecular formula is C12H7Cl3N2O2. The number of hydrogen-bond acceptors (Lipinski definition) is 3. The fourth-order valence-corrected chi connectivity index (χ4v) is 2.26. The molecule has 98 valence electrons. The first-order valence-electron chi connectivity index (χ1n) is 5.04. The van der Waals surface area contributed by atoms with Crippen LogP contribution in [0.1, 0.15) is 10.4 Å². The van der Waals surface area contributed by atoms with Crippen molar-refractivity contribution in [3.8, 4) is 11.3 Å². The summed E-state index contributed by atoms with van der Waals surface area (Å²) < 4.78 is 0. The summed E-state index contributed by atoms with van der Waals surface area (Å²) >= 11 is 18.1. The topological polar surface area (TPSA) is 76.2 Å². The summed E-state index contributed by atoms with van der Waals surface area (Å²) in [5, 5.41) is 9.71. The smallest absolute Gasteiger partial charge is 0.337 e. The Balaban J connectivity index is 2.66. The lowest BCUT2D eigenvalue weighted by molar-refractivity contribution is 0.0696. The molecular weight excluding hydrogens is 311 g/mol. The number of carbonyl (C=O) groups is 1. The maximum atomic E-state index is 10.8. The van der Waals surface area contributed by atoms with Gasteiger partial charge in [0.1, 0.15) is 0 Å². The number of nitrogens with two attached hydrogens (primary N) is 1. The van der Waals surface area contributed by atoms with Gasteiger partial charge in [-0.05, 0) is 18.2 Å². The molecule has 0 unspecified atom stereocenters. The molecule has 0 bridgehead atoms. The van der Waals surface area contributed by atoms with E-state index in [4.69, 9.17) is 45.6 Å². The van der Waals surface area contributed by atoms with Crippen LogP contribution in [0.25, 0.3) is 11.3 Å². The molecule has 2 aromatic rings. The van der Waals surface area contributed by atoms with Crippen LogP contribution >= 0.6 is 34.8 Å². The number of aromatic nitrogens is 1. The Hall–Kier alpha value is -1.49. The number of hydrogen-bond donors (Lipinski definition) is 2. The van der Waals surface area contributed by atoms with Crippen molar-refractivity contribution in [3.63, 3.8) is 0 Å². The lowest BCUT2D eigenvalue weighted by Gasteiger charge is -2.10. The van der Waals surface area contributed by atoms with Crippen LogP contribution in [0.5, 0.6) is 0 Å². The lowest BCUT2D eigenvalue weighted by Crippen LogP contribution is -2.02. The molecule has 0 amide bonds. The van der Waals surface area contributed by atoms with Gasteiger partial charge in [-0.1, -0.05) is 34.8 Å². The fourth-order valence-electron chi connectivity index (χ4n) is 1.55. The van der Waals surface area contributed by atoms with E-state index in [1.807, 2.05) is 0 Å². The van der Waals surface area contributed by atoms with Gasteiger partial charge in [0.25, 0.3) is 0 Å². The van der Waals surface area contributed by atoms with Crippen molar-refractivity contribution in [2.45, 2.75) is 0 Å². The van der Waals surface area contributed by atoms with E-state index in [2.05, 4.69) is 4.98 Å². The van der Waals surface area contributed by atoms with Crippen molar-refractivity contribution < 1.29 is 9.90 Å². The van der Waals surface area contributed by atoms with E-state index in [0.29, 0.717) is 21.3 Å². The number of carboxylic acid groups (broad SMARTS) is 1. The molecule has 3 N–H and O–H groups in total. The summed E-state index contributed by atoms with van der Waals surface area (Å²) in [6.45, 7) is 0. The van der Waals surface area contributed by atoms with Gasteiger partial charge in [0.2, 0.25) is 0 Å². The highest BCUT2D eigenvalue weighted by Crippen LogP contribution is 2.40. The van der Waals surface area contributed by atoms with Gasteiger partial charge < -0.3 is 10.8 Å². The van der Waals surface area contributed by atoms with Gasteiger partial charge in [0.05, 0.1) is 32.0 Å². The van der Waals surface area contributed by atoms with Gasteiger partial charge in [-0.25, -0.2) is 4.79 Å². The number of nitrogen functional groups attached to an aromatic ring is 1. The zero-order valence-electron chi connectivity index (χ0n) is 9.32. The van der Waals surface area contributed by atoms with E-state index in [0.717, 1.165) is 0 Å². The average molecular weight is 318 g/mol. The van der Waals surface area contributed by atoms with Crippen LogP contribution in [0.15, 0.2) is 24.4 Å². The number of halogens is 3. The highest BCUT2D eigenvalue weighted by Gasteiger charge is 2.17. The average Bonchev–Trinajstić information content (AvgIpc) is 2.36. The number of rotatable bonds is 2. The number of anilines is 1. The quantitative estimate of drug-likeness (QED) is 0.821. The van der Waals surface area contributed by atoms with Gasteiger partial charge in [-0.2, -0.15) is 0 Å². The minimum atomic E-state index is -1.12. The summed E-state index contributed by atoms with van der Waals surface area (Å²) in [6, 6.07) is 4.41. The number of nitrogens with zero attached hydrogens (tertiary/aromatic N) is 1. The Kier molecular flexibility index (Phi) is 3.85. The van der Waals surface area contributed by atoms with E-state index < -0.39 is 5.97 Å². The maximum absolute atomic E-state index is 10.8. The Morgan fingerprint density at radius 2 is 1.84 bits per heavy atom. The molecule has 1 aromatic carbocycles. The van der Waals surface area contributed by atoms with E-state index in [-0.39, 0.29) is 16.3 Å². The molecule has 0 saturated heterocycles. The molecule has 0 atom stereocenters. The minimum absolute atomic E-state index is 0.0180. The third-order valence-electron chi connectivity index (χ3n) is 2.44. The molecule has 0 fully saturated rings. The third kappa shape index (κ3) is 2.61. The van der Waals surface area contributed by atoms with Crippen LogP contribution < -0.4 is 5.73 Å². The first kappa shape index (κ1) is 13.9. The first-order valence-corrected chi connectivity index (χ1v) is 6.18. The predicted molar refractivity (Wildman–Crippen MR) is 76.1 cm³/mol. The van der Waals surface area contributed by atoms with Crippen molar-refractivity contribution in [2.75, 3.05) is 5.73 Å². The molecule has 2 rings (SSSR count). The molecule has 4 nitrogen and oxygen atoms in total. The first-order chi connectivity index (χ1) is 8.91. The molecule has 0 radical (unpaired) electrons. The molecule has 1 aromatic heterocycles. The van der Waals surface area contributed by atoms with Gasteiger partial charge in [-0.3, -0.25) is 4.98 Å². The SMILES string of the molecule is Nc1cc(C(=O)O)cnc1-c1c(Cl)ccc(Cl)c1Cl. The second-order valence-electron chi connectivity index (χ2n) is 3.69. The number of carboxylic acids is 1. The van der Waals surface area contributed by atoms with Crippen LogP contribution in [0.2, 0.25) is 15.1 Å². The van der Waals surface area contributed by atoms with Gasteiger partial charge >= 0.3 is 5.97 Å². The molecule has 7 heteroatoms. The van der Waals surface area contributed by atoms with E-state index in [1.165, 1.54) is 12.3 Å². The Bertz CT molecular complexity index is 674. The van der Waals surface area contributed by atoms with E-state index >= 15 is 0 Å². The molecule has 0 spiro atoms. The standard InChI is InChI=1S/C12H7Cl3N2O2/c13-6-1-2-7(14)10(15)9(6)11-8(16)3-5(4-17-11)12(18)19/h1-4H,16H2,(H,18,19). The summed E-state index contributed by atoms with van der Waals surface area (Å²) in [5.74, 6) is -1.12. The van der Waals surface area contributed by atoms with Crippen LogP contribution in [0.4, 0.5) is 5.69 Å². The summed E-state index contributed by atoms with van der Waals surface area (Å²) in [6.07, 6.45) is 1.18. The Morgan fingerprint density at radius 3 is 2.42 bits per heavy atom. The minimum Gasteiger partial charge on any atom is -0.478 e. The summed E-state index contributed by atoms with van der Waals surface area (Å²) in [7, 11) is 0. The molecule has 0 aliphatic rings. The van der Waals surface area contributed by atoms with Crippen molar-refractivity contribution in [3.05, 3.63) is 45.0 Å². The molecule has 0 aliphatic heterocycles. The number of aromatic carboxylic acids is 1. The largest absolute Gasteiger partial charge is 0.478 e. The Labute approximate surface area is 123 Å². The normalized spacial score (nSPS) is 10.5.